The first kappa shape index (κ1) is 13.5. The van der Waals surface area contributed by atoms with Gasteiger partial charge < -0.3 is 4.90 Å². The molecule has 18 heavy (non-hydrogen) atoms. The maximum Gasteiger partial charge on any atom is 0.185 e. The van der Waals surface area contributed by atoms with Crippen molar-refractivity contribution in [3.63, 3.8) is 0 Å². The van der Waals surface area contributed by atoms with Gasteiger partial charge in [-0.1, -0.05) is 38.0 Å². The van der Waals surface area contributed by atoms with Crippen molar-refractivity contribution >= 4 is 22.3 Å². The summed E-state index contributed by atoms with van der Waals surface area (Å²) in [5.41, 5.74) is 0.539. The number of carbonyl (C=O) groups excluding carboxylic acids is 1. The Kier molecular flexibility index (Phi) is 4.05. The third kappa shape index (κ3) is 2.58. The number of aromatic nitrogens is 1. The van der Waals surface area contributed by atoms with E-state index in [0.717, 1.165) is 23.1 Å². The summed E-state index contributed by atoms with van der Waals surface area (Å²) in [7, 11) is 0. The van der Waals surface area contributed by atoms with Crippen molar-refractivity contribution < 1.29 is 4.79 Å². The van der Waals surface area contributed by atoms with Gasteiger partial charge in [-0.25, -0.2) is 4.98 Å². The molecule has 1 fully saturated rings. The first-order valence-electron chi connectivity index (χ1n) is 6.82. The summed E-state index contributed by atoms with van der Waals surface area (Å²) in [5, 5.41) is 1.01. The van der Waals surface area contributed by atoms with E-state index in [0.29, 0.717) is 5.41 Å². The average molecular weight is 266 g/mol. The lowest BCUT2D eigenvalue weighted by Crippen LogP contribution is -2.39. The Bertz CT molecular complexity index is 413. The molecule has 3 nitrogen and oxygen atoms in total. The van der Waals surface area contributed by atoms with Crippen LogP contribution in [0.1, 0.15) is 56.1 Å². The number of hydrogen-bond acceptors (Lipinski definition) is 4. The fourth-order valence-corrected chi connectivity index (χ4v) is 3.57. The van der Waals surface area contributed by atoms with Crippen molar-refractivity contribution in [2.45, 2.75) is 46.5 Å². The summed E-state index contributed by atoms with van der Waals surface area (Å²) in [4.78, 5) is 18.8. The van der Waals surface area contributed by atoms with Crippen LogP contribution in [0.2, 0.25) is 0 Å². The molecule has 1 aliphatic rings. The van der Waals surface area contributed by atoms with Gasteiger partial charge in [-0.3, -0.25) is 4.79 Å². The van der Waals surface area contributed by atoms with Crippen LogP contribution in [-0.4, -0.2) is 23.9 Å². The van der Waals surface area contributed by atoms with Crippen LogP contribution < -0.4 is 4.90 Å². The molecule has 0 N–H and O–H groups in total. The third-order valence-electron chi connectivity index (χ3n) is 4.44. The van der Waals surface area contributed by atoms with Crippen LogP contribution in [0.5, 0.6) is 0 Å². The van der Waals surface area contributed by atoms with Gasteiger partial charge in [-0.05, 0) is 18.3 Å². The molecule has 0 bridgehead atoms. The van der Waals surface area contributed by atoms with Gasteiger partial charge >= 0.3 is 0 Å². The summed E-state index contributed by atoms with van der Waals surface area (Å²) in [6.45, 7) is 8.36. The Morgan fingerprint density at radius 3 is 2.44 bits per heavy atom. The standard InChI is InChI=1S/C14H22N2OS/c1-4-14(5-2)6-8-16(9-7-14)13-15-10-12(18-13)11(3)17/h10H,4-9H2,1-3H3. The van der Waals surface area contributed by atoms with Crippen molar-refractivity contribution in [3.05, 3.63) is 11.1 Å². The Labute approximate surface area is 113 Å². The van der Waals surface area contributed by atoms with Gasteiger partial charge in [0, 0.05) is 20.0 Å². The van der Waals surface area contributed by atoms with Gasteiger partial charge in [0.25, 0.3) is 0 Å². The monoisotopic (exact) mass is 266 g/mol. The molecule has 4 heteroatoms. The summed E-state index contributed by atoms with van der Waals surface area (Å²) < 4.78 is 0. The zero-order chi connectivity index (χ0) is 13.2. The zero-order valence-corrected chi connectivity index (χ0v) is 12.3. The first-order valence-corrected chi connectivity index (χ1v) is 7.63. The summed E-state index contributed by atoms with van der Waals surface area (Å²) >= 11 is 1.53. The minimum absolute atomic E-state index is 0.118. The molecular formula is C14H22N2OS. The second kappa shape index (κ2) is 5.39. The Morgan fingerprint density at radius 1 is 1.39 bits per heavy atom. The largest absolute Gasteiger partial charge is 0.348 e. The van der Waals surface area contributed by atoms with E-state index in [4.69, 9.17) is 0 Å². The van der Waals surface area contributed by atoms with E-state index < -0.39 is 0 Å². The molecule has 1 aromatic rings. The molecule has 0 amide bonds. The zero-order valence-electron chi connectivity index (χ0n) is 11.5. The second-order valence-corrected chi connectivity index (χ2v) is 6.27. The van der Waals surface area contributed by atoms with Crippen LogP contribution in [0.3, 0.4) is 0 Å². The molecule has 100 valence electrons. The topological polar surface area (TPSA) is 33.2 Å². The van der Waals surface area contributed by atoms with Crippen LogP contribution in [-0.2, 0) is 0 Å². The van der Waals surface area contributed by atoms with Crippen LogP contribution in [0.25, 0.3) is 0 Å². The number of piperidine rings is 1. The fourth-order valence-electron chi connectivity index (χ4n) is 2.70. The Balaban J connectivity index is 2.02. The van der Waals surface area contributed by atoms with Gasteiger partial charge in [0.2, 0.25) is 0 Å². The molecular weight excluding hydrogens is 244 g/mol. The molecule has 2 heterocycles. The van der Waals surface area contributed by atoms with Crippen LogP contribution in [0.15, 0.2) is 6.20 Å². The highest BCUT2D eigenvalue weighted by Gasteiger charge is 2.32. The van der Waals surface area contributed by atoms with E-state index in [1.165, 1.54) is 37.0 Å². The number of rotatable bonds is 4. The van der Waals surface area contributed by atoms with E-state index >= 15 is 0 Å². The lowest BCUT2D eigenvalue weighted by atomic mass is 9.74. The Morgan fingerprint density at radius 2 is 2.00 bits per heavy atom. The highest BCUT2D eigenvalue weighted by atomic mass is 32.1. The first-order chi connectivity index (χ1) is 8.60. The lowest BCUT2D eigenvalue weighted by molar-refractivity contribution is 0.102. The summed E-state index contributed by atoms with van der Waals surface area (Å²) in [6.07, 6.45) is 6.75. The summed E-state index contributed by atoms with van der Waals surface area (Å²) in [6, 6.07) is 0. The molecule has 1 aliphatic heterocycles. The van der Waals surface area contributed by atoms with Crippen LogP contribution >= 0.6 is 11.3 Å². The smallest absolute Gasteiger partial charge is 0.185 e. The molecule has 0 spiro atoms. The minimum Gasteiger partial charge on any atom is -0.348 e. The average Bonchev–Trinajstić information content (AvgIpc) is 2.88. The Hall–Kier alpha value is -0.900. The molecule has 0 aliphatic carbocycles. The minimum atomic E-state index is 0.118. The van der Waals surface area contributed by atoms with E-state index in [2.05, 4.69) is 23.7 Å². The van der Waals surface area contributed by atoms with Gasteiger partial charge in [0.05, 0.1) is 11.1 Å². The lowest BCUT2D eigenvalue weighted by Gasteiger charge is -2.40. The second-order valence-electron chi connectivity index (χ2n) is 5.26. The predicted octanol–water partition coefficient (Wildman–Crippen LogP) is 3.75. The van der Waals surface area contributed by atoms with Crippen molar-refractivity contribution in [1.29, 1.82) is 0 Å². The van der Waals surface area contributed by atoms with Crippen molar-refractivity contribution in [3.8, 4) is 0 Å². The number of thiazole rings is 1. The molecule has 0 atom stereocenters. The highest BCUT2D eigenvalue weighted by molar-refractivity contribution is 7.17. The number of hydrogen-bond donors (Lipinski definition) is 0. The third-order valence-corrected chi connectivity index (χ3v) is 5.59. The van der Waals surface area contributed by atoms with E-state index in [1.807, 2.05) is 0 Å². The van der Waals surface area contributed by atoms with Crippen molar-refractivity contribution in [2.24, 2.45) is 5.41 Å². The van der Waals surface area contributed by atoms with Gasteiger partial charge in [0.15, 0.2) is 10.9 Å². The van der Waals surface area contributed by atoms with Gasteiger partial charge in [-0.2, -0.15) is 0 Å². The number of nitrogens with zero attached hydrogens (tertiary/aromatic N) is 2. The number of anilines is 1. The van der Waals surface area contributed by atoms with Crippen molar-refractivity contribution in [2.75, 3.05) is 18.0 Å². The van der Waals surface area contributed by atoms with E-state index in [-0.39, 0.29) is 5.78 Å². The molecule has 0 radical (unpaired) electrons. The maximum absolute atomic E-state index is 11.3. The molecule has 2 rings (SSSR count). The van der Waals surface area contributed by atoms with Gasteiger partial charge in [-0.15, -0.1) is 0 Å². The SMILES string of the molecule is CCC1(CC)CCN(c2ncc(C(C)=O)s2)CC1. The molecule has 0 unspecified atom stereocenters. The van der Waals surface area contributed by atoms with Crippen LogP contribution in [0, 0.1) is 5.41 Å². The molecule has 0 saturated carbocycles. The van der Waals surface area contributed by atoms with E-state index in [1.54, 1.807) is 13.1 Å². The fraction of sp³-hybridized carbons (Fsp3) is 0.714. The number of carbonyl (C=O) groups is 1. The van der Waals surface area contributed by atoms with Crippen LogP contribution in [0.4, 0.5) is 5.13 Å². The molecule has 1 saturated heterocycles. The normalized spacial score (nSPS) is 18.9. The highest BCUT2D eigenvalue weighted by Crippen LogP contribution is 2.39. The predicted molar refractivity (Wildman–Crippen MR) is 76.6 cm³/mol. The molecule has 0 aromatic carbocycles. The molecule has 1 aromatic heterocycles. The summed E-state index contributed by atoms with van der Waals surface area (Å²) in [5.74, 6) is 0.118. The van der Waals surface area contributed by atoms with E-state index in [9.17, 15) is 4.79 Å². The maximum atomic E-state index is 11.3. The van der Waals surface area contributed by atoms with Crippen molar-refractivity contribution in [1.82, 2.24) is 4.98 Å². The number of ketones is 1. The quantitative estimate of drug-likeness (QED) is 0.778. The van der Waals surface area contributed by atoms with Gasteiger partial charge in [0.1, 0.15) is 0 Å². The number of Topliss-reactive ketones (excluding diaryl/α,β-unsaturated/α-hetero) is 1.